The Hall–Kier alpha value is -2.55. The van der Waals surface area contributed by atoms with Gasteiger partial charge in [-0.1, -0.05) is 19.1 Å². The van der Waals surface area contributed by atoms with E-state index in [1.165, 1.54) is 0 Å². The molecule has 2 rings (SSSR count). The molecule has 2 aromatic rings. The van der Waals surface area contributed by atoms with E-state index in [1.807, 2.05) is 26.0 Å². The van der Waals surface area contributed by atoms with Crippen molar-refractivity contribution in [1.29, 1.82) is 0 Å². The van der Waals surface area contributed by atoms with Crippen LogP contribution in [0.1, 0.15) is 31.3 Å². The number of nitrogens with one attached hydrogen (secondary N) is 2. The van der Waals surface area contributed by atoms with E-state index in [2.05, 4.69) is 30.9 Å². The van der Waals surface area contributed by atoms with Crippen molar-refractivity contribution in [3.8, 4) is 0 Å². The summed E-state index contributed by atoms with van der Waals surface area (Å²) in [6.45, 7) is 4.21. The van der Waals surface area contributed by atoms with E-state index < -0.39 is 17.8 Å². The number of carboxylic acids is 1. The summed E-state index contributed by atoms with van der Waals surface area (Å²) in [5.74, 6) is -1.67. The van der Waals surface area contributed by atoms with Crippen LogP contribution in [0.4, 0.5) is 5.69 Å². The molecule has 0 aliphatic heterocycles. The lowest BCUT2D eigenvalue weighted by molar-refractivity contribution is -0.144. The average molecular weight is 334 g/mol. The van der Waals surface area contributed by atoms with Gasteiger partial charge in [-0.3, -0.25) is 9.78 Å². The van der Waals surface area contributed by atoms with E-state index in [-0.39, 0.29) is 12.5 Å². The van der Waals surface area contributed by atoms with Gasteiger partial charge in [-0.2, -0.15) is 5.21 Å². The Bertz CT molecular complexity index is 629. The van der Waals surface area contributed by atoms with Crippen molar-refractivity contribution in [3.05, 3.63) is 29.8 Å². The SMILES string of the molecule is CC(C)C(C(=O)O)[C@H](Cc1ccc(NCCO)cn1)c1nn[nH]n1. The maximum Gasteiger partial charge on any atom is 0.307 e. The van der Waals surface area contributed by atoms with Gasteiger partial charge in [0.25, 0.3) is 0 Å². The van der Waals surface area contributed by atoms with Gasteiger partial charge >= 0.3 is 5.97 Å². The highest BCUT2D eigenvalue weighted by Gasteiger charge is 2.35. The molecule has 0 fully saturated rings. The van der Waals surface area contributed by atoms with Gasteiger partial charge < -0.3 is 15.5 Å². The Morgan fingerprint density at radius 1 is 1.38 bits per heavy atom. The van der Waals surface area contributed by atoms with E-state index in [1.54, 1.807) is 6.20 Å². The number of aliphatic hydroxyl groups is 1. The third-order valence-corrected chi connectivity index (χ3v) is 3.82. The van der Waals surface area contributed by atoms with E-state index in [0.29, 0.717) is 18.8 Å². The van der Waals surface area contributed by atoms with E-state index in [4.69, 9.17) is 5.11 Å². The summed E-state index contributed by atoms with van der Waals surface area (Å²) < 4.78 is 0. The molecule has 1 unspecified atom stereocenters. The number of aromatic nitrogens is 5. The van der Waals surface area contributed by atoms with E-state index in [0.717, 1.165) is 11.4 Å². The molecule has 2 heterocycles. The summed E-state index contributed by atoms with van der Waals surface area (Å²) in [6, 6.07) is 3.67. The molecule has 0 radical (unpaired) electrons. The number of hydrogen-bond donors (Lipinski definition) is 4. The molecule has 24 heavy (non-hydrogen) atoms. The van der Waals surface area contributed by atoms with Crippen molar-refractivity contribution in [3.63, 3.8) is 0 Å². The normalized spacial score (nSPS) is 13.7. The van der Waals surface area contributed by atoms with Crippen LogP contribution >= 0.6 is 0 Å². The van der Waals surface area contributed by atoms with Crippen LogP contribution in [0, 0.1) is 11.8 Å². The minimum atomic E-state index is -0.888. The number of rotatable bonds is 9. The summed E-state index contributed by atoms with van der Waals surface area (Å²) in [7, 11) is 0. The standard InChI is InChI=1S/C15H22N6O3/c1-9(2)13(15(23)24)12(14-18-20-21-19-14)7-10-3-4-11(8-17-10)16-5-6-22/h3-4,8-9,12-13,16,22H,5-7H2,1-2H3,(H,23,24)(H,18,19,20,21)/t12-,13?/m0/s1. The zero-order chi connectivity index (χ0) is 17.5. The second-order valence-corrected chi connectivity index (χ2v) is 5.88. The highest BCUT2D eigenvalue weighted by Crippen LogP contribution is 2.31. The number of carboxylic acid groups (broad SMARTS) is 1. The van der Waals surface area contributed by atoms with Crippen molar-refractivity contribution in [2.45, 2.75) is 26.2 Å². The van der Waals surface area contributed by atoms with E-state index in [9.17, 15) is 9.90 Å². The highest BCUT2D eigenvalue weighted by atomic mass is 16.4. The predicted octanol–water partition coefficient (Wildman–Crippen LogP) is 0.682. The van der Waals surface area contributed by atoms with Gasteiger partial charge in [0.05, 0.1) is 24.4 Å². The molecule has 0 saturated carbocycles. The van der Waals surface area contributed by atoms with Crippen LogP contribution in [-0.4, -0.2) is 54.9 Å². The fourth-order valence-electron chi connectivity index (χ4n) is 2.70. The molecule has 9 heteroatoms. The average Bonchev–Trinajstić information content (AvgIpc) is 3.07. The molecule has 2 atom stereocenters. The fourth-order valence-corrected chi connectivity index (χ4v) is 2.70. The molecular formula is C15H22N6O3. The van der Waals surface area contributed by atoms with E-state index >= 15 is 0 Å². The molecule has 9 nitrogen and oxygen atoms in total. The number of aliphatic carboxylic acids is 1. The van der Waals surface area contributed by atoms with Gasteiger partial charge in [0.15, 0.2) is 5.82 Å². The lowest BCUT2D eigenvalue weighted by atomic mass is 9.80. The highest BCUT2D eigenvalue weighted by molar-refractivity contribution is 5.71. The topological polar surface area (TPSA) is 137 Å². The second-order valence-electron chi connectivity index (χ2n) is 5.88. The van der Waals surface area contributed by atoms with Gasteiger partial charge in [-0.15, -0.1) is 10.2 Å². The number of aromatic amines is 1. The van der Waals surface area contributed by atoms with Crippen molar-refractivity contribution in [2.24, 2.45) is 11.8 Å². The minimum Gasteiger partial charge on any atom is -0.481 e. The van der Waals surface area contributed by atoms with Crippen LogP contribution in [0.2, 0.25) is 0 Å². The lowest BCUT2D eigenvalue weighted by Crippen LogP contribution is -2.29. The number of pyridine rings is 1. The molecular weight excluding hydrogens is 312 g/mol. The van der Waals surface area contributed by atoms with Gasteiger partial charge in [0.2, 0.25) is 0 Å². The molecule has 0 spiro atoms. The van der Waals surface area contributed by atoms with Gasteiger partial charge in [-0.05, 0) is 18.1 Å². The van der Waals surface area contributed by atoms with Crippen molar-refractivity contribution in [2.75, 3.05) is 18.5 Å². The molecule has 4 N–H and O–H groups in total. The monoisotopic (exact) mass is 334 g/mol. The van der Waals surface area contributed by atoms with Crippen LogP contribution in [-0.2, 0) is 11.2 Å². The molecule has 2 aromatic heterocycles. The summed E-state index contributed by atoms with van der Waals surface area (Å²) in [5, 5.41) is 35.3. The number of hydrogen-bond acceptors (Lipinski definition) is 7. The Balaban J connectivity index is 2.21. The molecule has 0 saturated heterocycles. The maximum atomic E-state index is 11.7. The van der Waals surface area contributed by atoms with Crippen LogP contribution in [0.5, 0.6) is 0 Å². The van der Waals surface area contributed by atoms with Gasteiger partial charge in [0.1, 0.15) is 0 Å². The number of H-pyrrole nitrogens is 1. The summed E-state index contributed by atoms with van der Waals surface area (Å²) in [6.07, 6.45) is 2.05. The predicted molar refractivity (Wildman–Crippen MR) is 86.4 cm³/mol. The molecule has 0 amide bonds. The molecule has 0 aliphatic carbocycles. The summed E-state index contributed by atoms with van der Waals surface area (Å²) in [4.78, 5) is 16.1. The molecule has 130 valence electrons. The summed E-state index contributed by atoms with van der Waals surface area (Å²) in [5.41, 5.74) is 1.54. The summed E-state index contributed by atoms with van der Waals surface area (Å²) >= 11 is 0. The Morgan fingerprint density at radius 2 is 2.17 bits per heavy atom. The molecule has 0 bridgehead atoms. The number of aliphatic hydroxyl groups excluding tert-OH is 1. The second kappa shape index (κ2) is 8.34. The quantitative estimate of drug-likeness (QED) is 0.525. The Kier molecular flexibility index (Phi) is 6.19. The fraction of sp³-hybridized carbons (Fsp3) is 0.533. The third kappa shape index (κ3) is 4.48. The lowest BCUT2D eigenvalue weighted by Gasteiger charge is -2.24. The number of carbonyl (C=O) groups is 1. The van der Waals surface area contributed by atoms with Crippen molar-refractivity contribution < 1.29 is 15.0 Å². The van der Waals surface area contributed by atoms with Gasteiger partial charge in [0, 0.05) is 24.6 Å². The third-order valence-electron chi connectivity index (χ3n) is 3.82. The zero-order valence-corrected chi connectivity index (χ0v) is 13.7. The van der Waals surface area contributed by atoms with Crippen LogP contribution in [0.15, 0.2) is 18.3 Å². The van der Waals surface area contributed by atoms with Gasteiger partial charge in [-0.25, -0.2) is 0 Å². The van der Waals surface area contributed by atoms with Crippen LogP contribution in [0.25, 0.3) is 0 Å². The maximum absolute atomic E-state index is 11.7. The van der Waals surface area contributed by atoms with Crippen LogP contribution in [0.3, 0.4) is 0 Å². The first-order valence-electron chi connectivity index (χ1n) is 7.78. The van der Waals surface area contributed by atoms with Crippen molar-refractivity contribution in [1.82, 2.24) is 25.6 Å². The molecule has 0 aromatic carbocycles. The number of anilines is 1. The largest absolute Gasteiger partial charge is 0.481 e. The Labute approximate surface area is 139 Å². The van der Waals surface area contributed by atoms with Crippen LogP contribution < -0.4 is 5.32 Å². The zero-order valence-electron chi connectivity index (χ0n) is 13.7. The number of tetrazole rings is 1. The minimum absolute atomic E-state index is 0.0380. The molecule has 0 aliphatic rings. The van der Waals surface area contributed by atoms with Crippen molar-refractivity contribution >= 4 is 11.7 Å². The first kappa shape index (κ1) is 17.8. The Morgan fingerprint density at radius 3 is 2.67 bits per heavy atom. The first-order chi connectivity index (χ1) is 11.5. The first-order valence-corrected chi connectivity index (χ1v) is 7.78. The number of nitrogens with zero attached hydrogens (tertiary/aromatic N) is 4. The smallest absolute Gasteiger partial charge is 0.307 e.